The molecule has 0 amide bonds. The van der Waals surface area contributed by atoms with Crippen molar-refractivity contribution < 1.29 is 0 Å². The zero-order valence-corrected chi connectivity index (χ0v) is 9.63. The molecule has 0 aromatic carbocycles. The molecular formula is C12H24N2. The van der Waals surface area contributed by atoms with Crippen LogP contribution in [0.1, 0.15) is 39.5 Å². The Labute approximate surface area is 88.1 Å². The highest BCUT2D eigenvalue weighted by molar-refractivity contribution is 4.86. The molecule has 2 rings (SSSR count). The molecule has 1 unspecified atom stereocenters. The van der Waals surface area contributed by atoms with Crippen LogP contribution in [0, 0.1) is 5.92 Å². The van der Waals surface area contributed by atoms with Gasteiger partial charge in [-0.3, -0.25) is 4.90 Å². The van der Waals surface area contributed by atoms with Gasteiger partial charge >= 0.3 is 0 Å². The summed E-state index contributed by atoms with van der Waals surface area (Å²) in [5, 5.41) is 3.60. The van der Waals surface area contributed by atoms with Crippen LogP contribution in [-0.2, 0) is 0 Å². The molecule has 0 saturated carbocycles. The maximum atomic E-state index is 3.60. The molecule has 0 aromatic heterocycles. The summed E-state index contributed by atoms with van der Waals surface area (Å²) >= 11 is 0. The molecule has 14 heavy (non-hydrogen) atoms. The van der Waals surface area contributed by atoms with E-state index in [0.29, 0.717) is 0 Å². The predicted molar refractivity (Wildman–Crippen MR) is 60.5 cm³/mol. The van der Waals surface area contributed by atoms with E-state index in [4.69, 9.17) is 0 Å². The summed E-state index contributed by atoms with van der Waals surface area (Å²) in [7, 11) is 0. The van der Waals surface area contributed by atoms with Crippen molar-refractivity contribution in [3.63, 3.8) is 0 Å². The fourth-order valence-corrected chi connectivity index (χ4v) is 3.03. The van der Waals surface area contributed by atoms with Crippen LogP contribution in [0.3, 0.4) is 0 Å². The van der Waals surface area contributed by atoms with E-state index in [1.165, 1.54) is 45.3 Å². The summed E-state index contributed by atoms with van der Waals surface area (Å²) in [4.78, 5) is 2.72. The van der Waals surface area contributed by atoms with E-state index >= 15 is 0 Å². The Bertz CT molecular complexity index is 173. The lowest BCUT2D eigenvalue weighted by Gasteiger charge is -2.29. The van der Waals surface area contributed by atoms with E-state index in [2.05, 4.69) is 24.1 Å². The van der Waals surface area contributed by atoms with Crippen LogP contribution in [0.25, 0.3) is 0 Å². The minimum atomic E-state index is 0.786. The second-order valence-corrected chi connectivity index (χ2v) is 5.24. The topological polar surface area (TPSA) is 15.3 Å². The van der Waals surface area contributed by atoms with Gasteiger partial charge in [0.1, 0.15) is 0 Å². The predicted octanol–water partition coefficient (Wildman–Crippen LogP) is 1.86. The van der Waals surface area contributed by atoms with Crippen LogP contribution in [0.4, 0.5) is 0 Å². The fourth-order valence-electron chi connectivity index (χ4n) is 3.03. The highest BCUT2D eigenvalue weighted by Gasteiger charge is 2.29. The average Bonchev–Trinajstić information content (AvgIpc) is 2.75. The molecule has 2 atom stereocenters. The van der Waals surface area contributed by atoms with Crippen LogP contribution >= 0.6 is 0 Å². The van der Waals surface area contributed by atoms with E-state index in [1.54, 1.807) is 0 Å². The first-order valence-corrected chi connectivity index (χ1v) is 6.25. The van der Waals surface area contributed by atoms with Crippen molar-refractivity contribution in [3.8, 4) is 0 Å². The molecule has 82 valence electrons. The summed E-state index contributed by atoms with van der Waals surface area (Å²) in [6, 6.07) is 1.65. The Balaban J connectivity index is 1.83. The average molecular weight is 196 g/mol. The summed E-state index contributed by atoms with van der Waals surface area (Å²) in [5.74, 6) is 0.832. The molecule has 0 aromatic rings. The molecule has 0 bridgehead atoms. The first-order valence-electron chi connectivity index (χ1n) is 6.25. The monoisotopic (exact) mass is 196 g/mol. The highest BCUT2D eigenvalue weighted by atomic mass is 15.2. The summed E-state index contributed by atoms with van der Waals surface area (Å²) in [6.07, 6.45) is 5.60. The van der Waals surface area contributed by atoms with Crippen molar-refractivity contribution in [2.24, 2.45) is 5.92 Å². The third-order valence-corrected chi connectivity index (χ3v) is 3.80. The van der Waals surface area contributed by atoms with Crippen LogP contribution in [-0.4, -0.2) is 36.6 Å². The Kier molecular flexibility index (Phi) is 3.45. The van der Waals surface area contributed by atoms with E-state index < -0.39 is 0 Å². The second-order valence-electron chi connectivity index (χ2n) is 5.24. The third-order valence-electron chi connectivity index (χ3n) is 3.80. The lowest BCUT2D eigenvalue weighted by Crippen LogP contribution is -2.42. The first kappa shape index (κ1) is 10.4. The summed E-state index contributed by atoms with van der Waals surface area (Å²) < 4.78 is 0. The lowest BCUT2D eigenvalue weighted by atomic mass is 10.0. The zero-order chi connectivity index (χ0) is 9.97. The molecule has 2 fully saturated rings. The van der Waals surface area contributed by atoms with Crippen molar-refractivity contribution in [2.75, 3.05) is 19.6 Å². The van der Waals surface area contributed by atoms with Crippen molar-refractivity contribution in [1.29, 1.82) is 0 Å². The lowest BCUT2D eigenvalue weighted by molar-refractivity contribution is 0.191. The van der Waals surface area contributed by atoms with Crippen molar-refractivity contribution in [1.82, 2.24) is 10.2 Å². The summed E-state index contributed by atoms with van der Waals surface area (Å²) in [5.41, 5.74) is 0. The van der Waals surface area contributed by atoms with Gasteiger partial charge in [-0.15, -0.1) is 0 Å². The quantitative estimate of drug-likeness (QED) is 0.741. The molecule has 0 aliphatic carbocycles. The largest absolute Gasteiger partial charge is 0.313 e. The van der Waals surface area contributed by atoms with Crippen LogP contribution in [0.2, 0.25) is 0 Å². The number of nitrogens with one attached hydrogen (secondary N) is 1. The third kappa shape index (κ3) is 2.29. The molecule has 0 spiro atoms. The maximum Gasteiger partial charge on any atom is 0.0195 e. The number of likely N-dealkylation sites (tertiary alicyclic amines) is 1. The Morgan fingerprint density at radius 2 is 2.14 bits per heavy atom. The standard InChI is InChI=1S/C12H24N2/c1-10(2)12-6-4-8-14(12)9-11-5-3-7-13-11/h10-13H,3-9H2,1-2H3/t11-,12?/m0/s1. The van der Waals surface area contributed by atoms with Gasteiger partial charge in [-0.05, 0) is 44.7 Å². The van der Waals surface area contributed by atoms with Crippen molar-refractivity contribution in [3.05, 3.63) is 0 Å². The molecule has 0 radical (unpaired) electrons. The van der Waals surface area contributed by atoms with E-state index in [0.717, 1.165) is 18.0 Å². The van der Waals surface area contributed by atoms with E-state index in [1.807, 2.05) is 0 Å². The van der Waals surface area contributed by atoms with Crippen LogP contribution in [0.15, 0.2) is 0 Å². The van der Waals surface area contributed by atoms with E-state index in [9.17, 15) is 0 Å². The smallest absolute Gasteiger partial charge is 0.0195 e. The maximum absolute atomic E-state index is 3.60. The van der Waals surface area contributed by atoms with Gasteiger partial charge in [0, 0.05) is 18.6 Å². The van der Waals surface area contributed by atoms with E-state index in [-0.39, 0.29) is 0 Å². The van der Waals surface area contributed by atoms with Crippen molar-refractivity contribution in [2.45, 2.75) is 51.6 Å². The molecular weight excluding hydrogens is 172 g/mol. The highest BCUT2D eigenvalue weighted by Crippen LogP contribution is 2.24. The molecule has 2 saturated heterocycles. The Morgan fingerprint density at radius 3 is 2.79 bits per heavy atom. The first-order chi connectivity index (χ1) is 6.77. The van der Waals surface area contributed by atoms with Crippen LogP contribution < -0.4 is 5.32 Å². The van der Waals surface area contributed by atoms with Gasteiger partial charge in [0.25, 0.3) is 0 Å². The SMILES string of the molecule is CC(C)C1CCCN1C[C@@H]1CCCN1. The fraction of sp³-hybridized carbons (Fsp3) is 1.00. The van der Waals surface area contributed by atoms with Gasteiger partial charge in [0.05, 0.1) is 0 Å². The number of hydrogen-bond donors (Lipinski definition) is 1. The molecule has 2 heteroatoms. The number of hydrogen-bond acceptors (Lipinski definition) is 2. The minimum absolute atomic E-state index is 0.786. The minimum Gasteiger partial charge on any atom is -0.313 e. The van der Waals surface area contributed by atoms with Crippen molar-refractivity contribution >= 4 is 0 Å². The summed E-state index contributed by atoms with van der Waals surface area (Å²) in [6.45, 7) is 8.60. The Hall–Kier alpha value is -0.0800. The molecule has 2 aliphatic heterocycles. The number of nitrogens with zero attached hydrogens (tertiary/aromatic N) is 1. The molecule has 2 heterocycles. The van der Waals surface area contributed by atoms with Gasteiger partial charge in [0.15, 0.2) is 0 Å². The Morgan fingerprint density at radius 1 is 1.29 bits per heavy atom. The van der Waals surface area contributed by atoms with Gasteiger partial charge in [0.2, 0.25) is 0 Å². The number of rotatable bonds is 3. The normalized spacial score (nSPS) is 34.5. The van der Waals surface area contributed by atoms with Gasteiger partial charge < -0.3 is 5.32 Å². The van der Waals surface area contributed by atoms with Gasteiger partial charge in [-0.2, -0.15) is 0 Å². The van der Waals surface area contributed by atoms with Crippen LogP contribution in [0.5, 0.6) is 0 Å². The zero-order valence-electron chi connectivity index (χ0n) is 9.63. The van der Waals surface area contributed by atoms with Gasteiger partial charge in [-0.1, -0.05) is 13.8 Å². The second kappa shape index (κ2) is 4.63. The molecule has 2 aliphatic rings. The molecule has 2 nitrogen and oxygen atoms in total. The molecule has 1 N–H and O–H groups in total. The van der Waals surface area contributed by atoms with Gasteiger partial charge in [-0.25, -0.2) is 0 Å².